The molecule has 0 saturated heterocycles. The molecule has 0 unspecified atom stereocenters. The SMILES string of the molecule is Cc1cc(CNc2c(F)cc(N)c3cccnc23)sc1C. The molecule has 0 aliphatic carbocycles. The van der Waals surface area contributed by atoms with Crippen molar-refractivity contribution < 1.29 is 4.39 Å². The summed E-state index contributed by atoms with van der Waals surface area (Å²) in [5, 5.41) is 3.92. The van der Waals surface area contributed by atoms with Crippen LogP contribution in [0.5, 0.6) is 0 Å². The van der Waals surface area contributed by atoms with Crippen LogP contribution in [0.15, 0.2) is 30.5 Å². The van der Waals surface area contributed by atoms with Gasteiger partial charge in [0.15, 0.2) is 5.82 Å². The summed E-state index contributed by atoms with van der Waals surface area (Å²) in [6.07, 6.45) is 1.64. The molecule has 0 bridgehead atoms. The first-order valence-corrected chi connectivity index (χ1v) is 7.50. The van der Waals surface area contributed by atoms with E-state index < -0.39 is 0 Å². The van der Waals surface area contributed by atoms with E-state index in [2.05, 4.69) is 30.2 Å². The van der Waals surface area contributed by atoms with E-state index in [1.54, 1.807) is 23.6 Å². The van der Waals surface area contributed by atoms with Crippen LogP contribution in [0, 0.1) is 19.7 Å². The largest absolute Gasteiger partial charge is 0.398 e. The maximum absolute atomic E-state index is 14.2. The van der Waals surface area contributed by atoms with E-state index in [-0.39, 0.29) is 5.82 Å². The van der Waals surface area contributed by atoms with Crippen molar-refractivity contribution in [3.05, 3.63) is 51.6 Å². The molecule has 0 radical (unpaired) electrons. The number of pyridine rings is 1. The van der Waals surface area contributed by atoms with Gasteiger partial charge in [-0.3, -0.25) is 4.98 Å². The highest BCUT2D eigenvalue weighted by atomic mass is 32.1. The molecule has 5 heteroatoms. The highest BCUT2D eigenvalue weighted by Gasteiger charge is 2.12. The number of benzene rings is 1. The predicted octanol–water partition coefficient (Wildman–Crippen LogP) is 4.25. The molecule has 0 aliphatic rings. The van der Waals surface area contributed by atoms with Crippen molar-refractivity contribution in [3.63, 3.8) is 0 Å². The number of fused-ring (bicyclic) bond motifs is 1. The molecule has 2 heterocycles. The third-order valence-corrected chi connectivity index (χ3v) is 4.69. The van der Waals surface area contributed by atoms with Crippen LogP contribution in [0.1, 0.15) is 15.3 Å². The molecule has 21 heavy (non-hydrogen) atoms. The second-order valence-electron chi connectivity index (χ2n) is 5.03. The highest BCUT2D eigenvalue weighted by molar-refractivity contribution is 7.12. The van der Waals surface area contributed by atoms with E-state index in [1.165, 1.54) is 21.4 Å². The van der Waals surface area contributed by atoms with E-state index in [1.807, 2.05) is 6.07 Å². The predicted molar refractivity (Wildman–Crippen MR) is 87.2 cm³/mol. The summed E-state index contributed by atoms with van der Waals surface area (Å²) in [4.78, 5) is 6.72. The number of nitrogens with two attached hydrogens (primary N) is 1. The number of hydrogen-bond donors (Lipinski definition) is 2. The van der Waals surface area contributed by atoms with Gasteiger partial charge in [-0.25, -0.2) is 4.39 Å². The fourth-order valence-electron chi connectivity index (χ4n) is 2.32. The normalized spacial score (nSPS) is 11.0. The van der Waals surface area contributed by atoms with Crippen molar-refractivity contribution in [1.29, 1.82) is 0 Å². The molecular weight excluding hydrogens is 285 g/mol. The van der Waals surface area contributed by atoms with Crippen LogP contribution in [-0.4, -0.2) is 4.98 Å². The number of nitrogens with zero attached hydrogens (tertiary/aromatic N) is 1. The van der Waals surface area contributed by atoms with Crippen molar-refractivity contribution in [2.45, 2.75) is 20.4 Å². The van der Waals surface area contributed by atoms with Crippen LogP contribution in [-0.2, 0) is 6.54 Å². The lowest BCUT2D eigenvalue weighted by Gasteiger charge is -2.11. The first-order valence-electron chi connectivity index (χ1n) is 6.68. The minimum absolute atomic E-state index is 0.372. The van der Waals surface area contributed by atoms with Gasteiger partial charge in [-0.05, 0) is 43.7 Å². The van der Waals surface area contributed by atoms with Crippen molar-refractivity contribution >= 4 is 33.6 Å². The molecule has 3 aromatic rings. The van der Waals surface area contributed by atoms with E-state index in [0.717, 1.165) is 5.39 Å². The van der Waals surface area contributed by atoms with Crippen LogP contribution in [0.4, 0.5) is 15.8 Å². The lowest BCUT2D eigenvalue weighted by molar-refractivity contribution is 0.632. The summed E-state index contributed by atoms with van der Waals surface area (Å²) in [5.41, 5.74) is 8.49. The second-order valence-corrected chi connectivity index (χ2v) is 6.37. The second kappa shape index (κ2) is 5.33. The summed E-state index contributed by atoms with van der Waals surface area (Å²) >= 11 is 1.72. The summed E-state index contributed by atoms with van der Waals surface area (Å²) in [7, 11) is 0. The molecule has 108 valence electrons. The van der Waals surface area contributed by atoms with E-state index in [9.17, 15) is 4.39 Å². The van der Waals surface area contributed by atoms with Crippen LogP contribution >= 0.6 is 11.3 Å². The zero-order valence-electron chi connectivity index (χ0n) is 11.9. The first kappa shape index (κ1) is 13.8. The maximum Gasteiger partial charge on any atom is 0.150 e. The summed E-state index contributed by atoms with van der Waals surface area (Å²) in [5.74, 6) is -0.372. The minimum atomic E-state index is -0.372. The number of halogens is 1. The molecule has 3 N–H and O–H groups in total. The molecule has 0 aliphatic heterocycles. The van der Waals surface area contributed by atoms with Gasteiger partial charge in [0, 0.05) is 33.6 Å². The van der Waals surface area contributed by atoms with Crippen LogP contribution in [0.25, 0.3) is 10.9 Å². The Hall–Kier alpha value is -2.14. The van der Waals surface area contributed by atoms with Gasteiger partial charge in [-0.15, -0.1) is 11.3 Å². The number of thiophene rings is 1. The molecule has 0 amide bonds. The number of hydrogen-bond acceptors (Lipinski definition) is 4. The Morgan fingerprint density at radius 2 is 2.14 bits per heavy atom. The van der Waals surface area contributed by atoms with Gasteiger partial charge >= 0.3 is 0 Å². The number of rotatable bonds is 3. The third-order valence-electron chi connectivity index (χ3n) is 3.53. The zero-order chi connectivity index (χ0) is 15.0. The van der Waals surface area contributed by atoms with E-state index in [0.29, 0.717) is 23.4 Å². The van der Waals surface area contributed by atoms with Crippen LogP contribution in [0.2, 0.25) is 0 Å². The molecule has 3 rings (SSSR count). The van der Waals surface area contributed by atoms with Gasteiger partial charge in [0.05, 0.1) is 11.2 Å². The molecule has 0 atom stereocenters. The average Bonchev–Trinajstić information content (AvgIpc) is 2.77. The van der Waals surface area contributed by atoms with Gasteiger partial charge in [0.2, 0.25) is 0 Å². The van der Waals surface area contributed by atoms with Crippen molar-refractivity contribution in [2.24, 2.45) is 0 Å². The fraction of sp³-hybridized carbons (Fsp3) is 0.188. The molecule has 3 nitrogen and oxygen atoms in total. The summed E-state index contributed by atoms with van der Waals surface area (Å²) in [6, 6.07) is 7.11. The Morgan fingerprint density at radius 3 is 2.86 bits per heavy atom. The Labute approximate surface area is 126 Å². The summed E-state index contributed by atoms with van der Waals surface area (Å²) in [6.45, 7) is 4.74. The lowest BCUT2D eigenvalue weighted by Crippen LogP contribution is -2.03. The fourth-order valence-corrected chi connectivity index (χ4v) is 3.31. The first-order chi connectivity index (χ1) is 10.1. The standard InChI is InChI=1S/C16H16FN3S/c1-9-6-11(21-10(9)2)8-20-16-13(17)7-14(18)12-4-3-5-19-15(12)16/h3-7,20H,8,18H2,1-2H3. The van der Waals surface area contributed by atoms with Crippen LogP contribution in [0.3, 0.4) is 0 Å². The molecule has 2 aromatic heterocycles. The molecule has 0 saturated carbocycles. The van der Waals surface area contributed by atoms with Crippen molar-refractivity contribution in [3.8, 4) is 0 Å². The van der Waals surface area contributed by atoms with E-state index >= 15 is 0 Å². The van der Waals surface area contributed by atoms with Gasteiger partial charge in [0.1, 0.15) is 0 Å². The van der Waals surface area contributed by atoms with E-state index in [4.69, 9.17) is 5.73 Å². The van der Waals surface area contributed by atoms with Gasteiger partial charge in [-0.1, -0.05) is 0 Å². The minimum Gasteiger partial charge on any atom is -0.398 e. The van der Waals surface area contributed by atoms with Gasteiger partial charge in [0.25, 0.3) is 0 Å². The summed E-state index contributed by atoms with van der Waals surface area (Å²) < 4.78 is 14.2. The molecule has 0 fully saturated rings. The molecule has 0 spiro atoms. The Balaban J connectivity index is 1.97. The topological polar surface area (TPSA) is 50.9 Å². The van der Waals surface area contributed by atoms with Crippen molar-refractivity contribution in [2.75, 3.05) is 11.1 Å². The number of aromatic nitrogens is 1. The quantitative estimate of drug-likeness (QED) is 0.711. The smallest absolute Gasteiger partial charge is 0.150 e. The number of nitrogen functional groups attached to an aromatic ring is 1. The monoisotopic (exact) mass is 301 g/mol. The number of nitrogens with one attached hydrogen (secondary N) is 1. The molecule has 1 aromatic carbocycles. The Bertz CT molecular complexity index is 791. The Morgan fingerprint density at radius 1 is 1.33 bits per heavy atom. The molecular formula is C16H16FN3S. The highest BCUT2D eigenvalue weighted by Crippen LogP contribution is 2.30. The van der Waals surface area contributed by atoms with Gasteiger partial charge < -0.3 is 11.1 Å². The average molecular weight is 301 g/mol. The number of aryl methyl sites for hydroxylation is 2. The zero-order valence-corrected chi connectivity index (χ0v) is 12.7. The lowest BCUT2D eigenvalue weighted by atomic mass is 10.1. The van der Waals surface area contributed by atoms with Gasteiger partial charge in [-0.2, -0.15) is 0 Å². The Kier molecular flexibility index (Phi) is 3.51. The maximum atomic E-state index is 14.2. The van der Waals surface area contributed by atoms with Crippen LogP contribution < -0.4 is 11.1 Å². The van der Waals surface area contributed by atoms with Crippen molar-refractivity contribution in [1.82, 2.24) is 4.98 Å². The number of anilines is 2. The third kappa shape index (κ3) is 2.56.